The molecule has 96 valence electrons. The van der Waals surface area contributed by atoms with Gasteiger partial charge in [-0.3, -0.25) is 4.98 Å². The lowest BCUT2D eigenvalue weighted by molar-refractivity contribution is 0.125. The van der Waals surface area contributed by atoms with Gasteiger partial charge in [0.05, 0.1) is 6.61 Å². The average molecular weight is 236 g/mol. The first-order chi connectivity index (χ1) is 8.29. The number of pyridine rings is 1. The molecule has 0 aliphatic rings. The van der Waals surface area contributed by atoms with Crippen LogP contribution in [-0.4, -0.2) is 31.3 Å². The van der Waals surface area contributed by atoms with Crippen molar-refractivity contribution in [2.45, 2.75) is 26.7 Å². The van der Waals surface area contributed by atoms with Gasteiger partial charge in [0.2, 0.25) is 0 Å². The van der Waals surface area contributed by atoms with E-state index in [1.807, 2.05) is 12.3 Å². The molecule has 0 radical (unpaired) electrons. The Hall–Kier alpha value is -0.930. The lowest BCUT2D eigenvalue weighted by Gasteiger charge is -2.07. The minimum atomic E-state index is 0.730. The van der Waals surface area contributed by atoms with Gasteiger partial charge in [0.25, 0.3) is 0 Å². The van der Waals surface area contributed by atoms with Gasteiger partial charge in [-0.2, -0.15) is 0 Å². The lowest BCUT2D eigenvalue weighted by atomic mass is 10.1. The summed E-state index contributed by atoms with van der Waals surface area (Å²) < 4.78 is 5.52. The van der Waals surface area contributed by atoms with E-state index in [4.69, 9.17) is 4.74 Å². The van der Waals surface area contributed by atoms with Crippen LogP contribution in [0, 0.1) is 5.92 Å². The Morgan fingerprint density at radius 2 is 2.18 bits per heavy atom. The van der Waals surface area contributed by atoms with Gasteiger partial charge < -0.3 is 10.1 Å². The Balaban J connectivity index is 1.88. The van der Waals surface area contributed by atoms with Crippen LogP contribution in [0.25, 0.3) is 0 Å². The molecule has 3 nitrogen and oxygen atoms in total. The molecule has 0 aliphatic carbocycles. The number of nitrogens with zero attached hydrogens (tertiary/aromatic N) is 1. The second-order valence-electron chi connectivity index (χ2n) is 4.66. The largest absolute Gasteiger partial charge is 0.380 e. The summed E-state index contributed by atoms with van der Waals surface area (Å²) in [7, 11) is 0. The topological polar surface area (TPSA) is 34.1 Å². The summed E-state index contributed by atoms with van der Waals surface area (Å²) in [5, 5.41) is 3.37. The molecule has 0 aliphatic heterocycles. The molecule has 0 bridgehead atoms. The lowest BCUT2D eigenvalue weighted by Crippen LogP contribution is -2.22. The van der Waals surface area contributed by atoms with E-state index in [2.05, 4.69) is 30.2 Å². The van der Waals surface area contributed by atoms with Crippen LogP contribution in [-0.2, 0) is 11.2 Å². The number of hydrogen-bond donors (Lipinski definition) is 1. The fraction of sp³-hybridized carbons (Fsp3) is 0.643. The quantitative estimate of drug-likeness (QED) is 0.668. The predicted molar refractivity (Wildman–Crippen MR) is 71.1 cm³/mol. The van der Waals surface area contributed by atoms with E-state index in [9.17, 15) is 0 Å². The SMILES string of the molecule is CC(C)CCOCCNCCc1cccnc1. The van der Waals surface area contributed by atoms with Crippen LogP contribution in [0.15, 0.2) is 24.5 Å². The highest BCUT2D eigenvalue weighted by Gasteiger charge is 1.94. The average Bonchev–Trinajstić information content (AvgIpc) is 2.33. The van der Waals surface area contributed by atoms with Crippen molar-refractivity contribution in [3.05, 3.63) is 30.1 Å². The molecular weight excluding hydrogens is 212 g/mol. The van der Waals surface area contributed by atoms with E-state index in [-0.39, 0.29) is 0 Å². The van der Waals surface area contributed by atoms with Gasteiger partial charge in [-0.25, -0.2) is 0 Å². The molecule has 1 heterocycles. The van der Waals surface area contributed by atoms with Crippen molar-refractivity contribution in [2.75, 3.05) is 26.3 Å². The fourth-order valence-corrected chi connectivity index (χ4v) is 1.47. The van der Waals surface area contributed by atoms with Crippen molar-refractivity contribution in [3.63, 3.8) is 0 Å². The second kappa shape index (κ2) is 9.14. The monoisotopic (exact) mass is 236 g/mol. The van der Waals surface area contributed by atoms with Gasteiger partial charge in [0.15, 0.2) is 0 Å². The second-order valence-corrected chi connectivity index (χ2v) is 4.66. The first kappa shape index (κ1) is 14.1. The van der Waals surface area contributed by atoms with Crippen molar-refractivity contribution in [3.8, 4) is 0 Å². The standard InChI is InChI=1S/C14H24N2O/c1-13(2)6-10-17-11-9-15-8-5-14-4-3-7-16-12-14/h3-4,7,12-13,15H,5-6,8-11H2,1-2H3. The maximum Gasteiger partial charge on any atom is 0.0590 e. The molecule has 0 saturated heterocycles. The summed E-state index contributed by atoms with van der Waals surface area (Å²) in [4.78, 5) is 4.09. The van der Waals surface area contributed by atoms with Crippen molar-refractivity contribution in [1.82, 2.24) is 10.3 Å². The third kappa shape index (κ3) is 7.88. The molecule has 17 heavy (non-hydrogen) atoms. The van der Waals surface area contributed by atoms with Crippen LogP contribution in [0.5, 0.6) is 0 Å². The number of rotatable bonds is 9. The van der Waals surface area contributed by atoms with Gasteiger partial charge in [-0.15, -0.1) is 0 Å². The van der Waals surface area contributed by atoms with E-state index >= 15 is 0 Å². The fourth-order valence-electron chi connectivity index (χ4n) is 1.47. The third-order valence-electron chi connectivity index (χ3n) is 2.58. The molecule has 1 aromatic rings. The Morgan fingerprint density at radius 1 is 1.29 bits per heavy atom. The smallest absolute Gasteiger partial charge is 0.0590 e. The van der Waals surface area contributed by atoms with Gasteiger partial charge in [-0.05, 0) is 36.9 Å². The Kier molecular flexibility index (Phi) is 7.60. The van der Waals surface area contributed by atoms with Crippen molar-refractivity contribution in [2.24, 2.45) is 5.92 Å². The molecule has 1 aromatic heterocycles. The molecule has 0 unspecified atom stereocenters. The van der Waals surface area contributed by atoms with Crippen LogP contribution < -0.4 is 5.32 Å². The normalized spacial score (nSPS) is 11.0. The molecule has 1 rings (SSSR count). The molecule has 0 amide bonds. The summed E-state index contributed by atoms with van der Waals surface area (Å²) in [5.41, 5.74) is 1.28. The van der Waals surface area contributed by atoms with Crippen molar-refractivity contribution in [1.29, 1.82) is 0 Å². The van der Waals surface area contributed by atoms with Gasteiger partial charge >= 0.3 is 0 Å². The minimum Gasteiger partial charge on any atom is -0.380 e. The minimum absolute atomic E-state index is 0.730. The maximum atomic E-state index is 5.52. The molecular formula is C14H24N2O. The Morgan fingerprint density at radius 3 is 2.88 bits per heavy atom. The molecule has 0 fully saturated rings. The number of aromatic nitrogens is 1. The summed E-state index contributed by atoms with van der Waals surface area (Å²) in [6.45, 7) is 8.03. The highest BCUT2D eigenvalue weighted by molar-refractivity contribution is 5.08. The van der Waals surface area contributed by atoms with E-state index in [0.29, 0.717) is 0 Å². The molecule has 3 heteroatoms. The van der Waals surface area contributed by atoms with Crippen LogP contribution in [0.3, 0.4) is 0 Å². The molecule has 0 spiro atoms. The highest BCUT2D eigenvalue weighted by Crippen LogP contribution is 1.98. The van der Waals surface area contributed by atoms with Crippen LogP contribution in [0.4, 0.5) is 0 Å². The van der Waals surface area contributed by atoms with Gasteiger partial charge in [0.1, 0.15) is 0 Å². The summed E-state index contributed by atoms with van der Waals surface area (Å²) in [5.74, 6) is 0.730. The maximum absolute atomic E-state index is 5.52. The van der Waals surface area contributed by atoms with E-state index in [1.165, 1.54) is 5.56 Å². The molecule has 1 N–H and O–H groups in total. The third-order valence-corrected chi connectivity index (χ3v) is 2.58. The first-order valence-electron chi connectivity index (χ1n) is 6.46. The van der Waals surface area contributed by atoms with Crippen LogP contribution in [0.1, 0.15) is 25.8 Å². The number of nitrogens with one attached hydrogen (secondary N) is 1. The first-order valence-corrected chi connectivity index (χ1v) is 6.46. The number of ether oxygens (including phenoxy) is 1. The van der Waals surface area contributed by atoms with E-state index in [0.717, 1.165) is 45.1 Å². The van der Waals surface area contributed by atoms with Crippen molar-refractivity contribution >= 4 is 0 Å². The zero-order chi connectivity index (χ0) is 12.3. The summed E-state index contributed by atoms with van der Waals surface area (Å²) >= 11 is 0. The van der Waals surface area contributed by atoms with Crippen molar-refractivity contribution < 1.29 is 4.74 Å². The summed E-state index contributed by atoms with van der Waals surface area (Å²) in [6.07, 6.45) is 5.90. The molecule has 0 aromatic carbocycles. The van der Waals surface area contributed by atoms with E-state index < -0.39 is 0 Å². The Labute approximate surface area is 105 Å². The highest BCUT2D eigenvalue weighted by atomic mass is 16.5. The zero-order valence-corrected chi connectivity index (χ0v) is 11.0. The predicted octanol–water partition coefficient (Wildman–Crippen LogP) is 2.28. The van der Waals surface area contributed by atoms with Crippen LogP contribution in [0.2, 0.25) is 0 Å². The van der Waals surface area contributed by atoms with E-state index in [1.54, 1.807) is 6.20 Å². The molecule has 0 saturated carbocycles. The molecule has 0 atom stereocenters. The zero-order valence-electron chi connectivity index (χ0n) is 11.0. The number of hydrogen-bond acceptors (Lipinski definition) is 3. The van der Waals surface area contributed by atoms with Gasteiger partial charge in [-0.1, -0.05) is 19.9 Å². The van der Waals surface area contributed by atoms with Gasteiger partial charge in [0, 0.05) is 25.5 Å². The van der Waals surface area contributed by atoms with Crippen LogP contribution >= 0.6 is 0 Å². The summed E-state index contributed by atoms with van der Waals surface area (Å²) in [6, 6.07) is 4.08. The Bertz CT molecular complexity index is 275.